The molecule has 1 aliphatic heterocycles. The minimum absolute atomic E-state index is 0.985. The fourth-order valence-corrected chi connectivity index (χ4v) is 7.94. The van der Waals surface area contributed by atoms with Crippen LogP contribution in [0.25, 0.3) is 16.9 Å². The Morgan fingerprint density at radius 1 is 0.400 bits per heavy atom. The quantitative estimate of drug-likeness (QED) is 0.0663. The van der Waals surface area contributed by atoms with Crippen molar-refractivity contribution in [1.29, 1.82) is 0 Å². The predicted octanol–water partition coefficient (Wildman–Crippen LogP) is 15.3. The standard InChI is InChI=1S/C48H76N2/c1-8-15-22-23-24-25-30-42-37-47(43-33-38(26-16-9-2)45(31-20-13-6)39(34-43)27-17-10-3)50(49)48(42)44-35-40(28-18-11-4)46(32-21-14-7)41(36-44)29-19-12-5/h33-37H,8-32H2,1-7H3. The van der Waals surface area contributed by atoms with Crippen LogP contribution in [0.5, 0.6) is 0 Å². The van der Waals surface area contributed by atoms with Gasteiger partial charge in [-0.3, -0.25) is 0 Å². The van der Waals surface area contributed by atoms with E-state index < -0.39 is 0 Å². The number of unbranched alkanes of at least 4 members (excludes halogenated alkanes) is 11. The van der Waals surface area contributed by atoms with Gasteiger partial charge in [-0.25, -0.2) is 4.70 Å². The highest BCUT2D eigenvalue weighted by Gasteiger charge is 2.31. The second-order valence-corrected chi connectivity index (χ2v) is 15.4. The molecule has 0 bridgehead atoms. The Labute approximate surface area is 310 Å². The summed E-state index contributed by atoms with van der Waals surface area (Å²) in [5.41, 5.74) is 27.5. The third-order valence-electron chi connectivity index (χ3n) is 11.1. The first-order valence-electron chi connectivity index (χ1n) is 21.7. The molecule has 2 aromatic carbocycles. The lowest BCUT2D eigenvalue weighted by molar-refractivity contribution is -0.344. The smallest absolute Gasteiger partial charge is 0.210 e. The molecule has 1 heterocycles. The van der Waals surface area contributed by atoms with Crippen molar-refractivity contribution in [3.8, 4) is 0 Å². The lowest BCUT2D eigenvalue weighted by atomic mass is 9.87. The van der Waals surface area contributed by atoms with Crippen LogP contribution >= 0.6 is 0 Å². The zero-order chi connectivity index (χ0) is 36.1. The van der Waals surface area contributed by atoms with E-state index in [1.54, 1.807) is 15.8 Å². The van der Waals surface area contributed by atoms with Crippen LogP contribution in [0.15, 0.2) is 35.9 Å². The maximum absolute atomic E-state index is 12.4. The summed E-state index contributed by atoms with van der Waals surface area (Å²) in [5, 5.41) is 0. The van der Waals surface area contributed by atoms with Crippen LogP contribution in [0.2, 0.25) is 0 Å². The average molecular weight is 681 g/mol. The molecule has 0 saturated carbocycles. The summed E-state index contributed by atoms with van der Waals surface area (Å²) in [6, 6.07) is 9.90. The molecule has 0 aliphatic carbocycles. The van der Waals surface area contributed by atoms with E-state index in [0.29, 0.717) is 0 Å². The van der Waals surface area contributed by atoms with Crippen LogP contribution in [0.4, 0.5) is 0 Å². The number of allylic oxidation sites excluding steroid dienone is 2. The third kappa shape index (κ3) is 12.3. The number of nitrogens with zero attached hydrogens (tertiary/aromatic N) is 2. The van der Waals surface area contributed by atoms with Gasteiger partial charge in [0, 0.05) is 22.8 Å². The van der Waals surface area contributed by atoms with Gasteiger partial charge in [0.25, 0.3) is 0 Å². The second-order valence-electron chi connectivity index (χ2n) is 15.4. The van der Waals surface area contributed by atoms with Gasteiger partial charge in [-0.15, -0.1) is 0 Å². The number of hydrogen-bond donors (Lipinski definition) is 0. The van der Waals surface area contributed by atoms with Gasteiger partial charge >= 0.3 is 0 Å². The molecule has 0 N–H and O–H groups in total. The normalized spacial score (nSPS) is 13.2. The Morgan fingerprint density at radius 3 is 1.18 bits per heavy atom. The molecule has 2 nitrogen and oxygen atoms in total. The molecule has 0 spiro atoms. The molecular weight excluding hydrogens is 605 g/mol. The van der Waals surface area contributed by atoms with E-state index in [1.165, 1.54) is 167 Å². The summed E-state index contributed by atoms with van der Waals surface area (Å²) in [6.07, 6.45) is 32.6. The molecule has 0 aromatic heterocycles. The van der Waals surface area contributed by atoms with Crippen molar-refractivity contribution >= 4 is 11.4 Å². The van der Waals surface area contributed by atoms with Gasteiger partial charge in [0.15, 0.2) is 0 Å². The number of aryl methyl sites for hydroxylation is 4. The summed E-state index contributed by atoms with van der Waals surface area (Å²) in [4.78, 5) is 0. The molecule has 3 rings (SSSR count). The molecule has 2 heteroatoms. The van der Waals surface area contributed by atoms with Crippen molar-refractivity contribution < 1.29 is 4.70 Å². The fraction of sp³-hybridized carbons (Fsp3) is 0.667. The fourth-order valence-electron chi connectivity index (χ4n) is 7.94. The summed E-state index contributed by atoms with van der Waals surface area (Å²) in [7, 11) is 0. The van der Waals surface area contributed by atoms with Crippen molar-refractivity contribution in [2.24, 2.45) is 0 Å². The maximum atomic E-state index is 12.4. The summed E-state index contributed by atoms with van der Waals surface area (Å²) in [6.45, 7) is 16.2. The van der Waals surface area contributed by atoms with Crippen molar-refractivity contribution in [2.75, 3.05) is 0 Å². The molecule has 0 saturated heterocycles. The molecule has 2 aromatic rings. The van der Waals surface area contributed by atoms with Crippen molar-refractivity contribution in [1.82, 2.24) is 0 Å². The monoisotopic (exact) mass is 681 g/mol. The highest BCUT2D eigenvalue weighted by atomic mass is 15.2. The van der Waals surface area contributed by atoms with Crippen LogP contribution in [-0.4, -0.2) is 4.70 Å². The highest BCUT2D eigenvalue weighted by Crippen LogP contribution is 2.40. The molecule has 0 amide bonds. The van der Waals surface area contributed by atoms with E-state index in [1.807, 2.05) is 0 Å². The van der Waals surface area contributed by atoms with Crippen LogP contribution in [0.1, 0.15) is 215 Å². The van der Waals surface area contributed by atoms with Gasteiger partial charge in [-0.05, 0) is 148 Å². The van der Waals surface area contributed by atoms with E-state index in [9.17, 15) is 5.53 Å². The van der Waals surface area contributed by atoms with Crippen LogP contribution in [0.3, 0.4) is 0 Å². The first-order chi connectivity index (χ1) is 24.5. The van der Waals surface area contributed by atoms with E-state index in [-0.39, 0.29) is 0 Å². The maximum Gasteiger partial charge on any atom is 0.210 e. The molecule has 0 radical (unpaired) electrons. The number of hydrogen-bond acceptors (Lipinski definition) is 0. The van der Waals surface area contributed by atoms with Crippen molar-refractivity contribution in [3.63, 3.8) is 0 Å². The van der Waals surface area contributed by atoms with Gasteiger partial charge in [-0.2, -0.15) is 0 Å². The lowest BCUT2D eigenvalue weighted by Gasteiger charge is -2.20. The summed E-state index contributed by atoms with van der Waals surface area (Å²) in [5.74, 6) is 0. The molecular formula is C48H76N2. The Bertz CT molecular complexity index is 1310. The van der Waals surface area contributed by atoms with E-state index in [2.05, 4.69) is 78.8 Å². The topological polar surface area (TPSA) is 25.3 Å². The van der Waals surface area contributed by atoms with E-state index in [0.717, 1.165) is 43.5 Å². The largest absolute Gasteiger partial charge is 0.493 e. The number of benzene rings is 2. The summed E-state index contributed by atoms with van der Waals surface area (Å²) >= 11 is 0. The molecule has 0 fully saturated rings. The molecule has 278 valence electrons. The summed E-state index contributed by atoms with van der Waals surface area (Å²) < 4.78 is 1.62. The Hall–Kier alpha value is -2.48. The van der Waals surface area contributed by atoms with Crippen LogP contribution < -0.4 is 0 Å². The van der Waals surface area contributed by atoms with Gasteiger partial charge in [0.1, 0.15) is 0 Å². The van der Waals surface area contributed by atoms with Crippen molar-refractivity contribution in [3.05, 3.63) is 86.0 Å². The number of rotatable bonds is 27. The minimum Gasteiger partial charge on any atom is -0.493 e. The third-order valence-corrected chi connectivity index (χ3v) is 11.1. The van der Waals surface area contributed by atoms with Crippen LogP contribution in [0, 0.1) is 0 Å². The zero-order valence-electron chi connectivity index (χ0n) is 34.0. The van der Waals surface area contributed by atoms with Gasteiger partial charge in [-0.1, -0.05) is 119 Å². The Balaban J connectivity index is 2.17. The molecule has 1 aliphatic rings. The Kier molecular flexibility index (Phi) is 20.0. The average Bonchev–Trinajstić information content (AvgIpc) is 3.46. The first-order valence-corrected chi connectivity index (χ1v) is 21.7. The van der Waals surface area contributed by atoms with E-state index >= 15 is 0 Å². The minimum atomic E-state index is 0.985. The first kappa shape index (κ1) is 41.9. The van der Waals surface area contributed by atoms with Gasteiger partial charge in [0.2, 0.25) is 11.4 Å². The highest BCUT2D eigenvalue weighted by molar-refractivity contribution is 5.79. The van der Waals surface area contributed by atoms with Gasteiger partial charge < -0.3 is 5.53 Å². The van der Waals surface area contributed by atoms with Gasteiger partial charge in [0.05, 0.1) is 0 Å². The van der Waals surface area contributed by atoms with Crippen LogP contribution in [-0.2, 0) is 38.5 Å². The molecule has 0 unspecified atom stereocenters. The zero-order valence-corrected chi connectivity index (χ0v) is 34.0. The second kappa shape index (κ2) is 23.9. The predicted molar refractivity (Wildman–Crippen MR) is 221 cm³/mol. The lowest BCUT2D eigenvalue weighted by Crippen LogP contribution is -2.09. The Morgan fingerprint density at radius 2 is 0.760 bits per heavy atom. The van der Waals surface area contributed by atoms with Crippen molar-refractivity contribution in [2.45, 2.75) is 209 Å². The molecule has 50 heavy (non-hydrogen) atoms. The van der Waals surface area contributed by atoms with E-state index in [4.69, 9.17) is 0 Å². The SMILES string of the molecule is CCCCCCCCC1=C(c2cc(CCCC)c(CCCC)c(CCCC)c2)[N+](=[N-])C(c2cc(CCCC)c(CCCC)c(CCCC)c2)=C1. The molecule has 0 atom stereocenters.